The Morgan fingerprint density at radius 3 is 1.43 bits per heavy atom. The van der Waals surface area contributed by atoms with Crippen molar-refractivity contribution >= 4 is 46.8 Å². The van der Waals surface area contributed by atoms with Gasteiger partial charge >= 0.3 is 11.9 Å². The topological polar surface area (TPSA) is 248 Å². The lowest BCUT2D eigenvalue weighted by atomic mass is 9.82. The summed E-state index contributed by atoms with van der Waals surface area (Å²) in [5.41, 5.74) is 2.28. The summed E-state index contributed by atoms with van der Waals surface area (Å²) < 4.78 is 28.3. The minimum absolute atomic E-state index is 0.119. The van der Waals surface area contributed by atoms with Gasteiger partial charge in [-0.25, -0.2) is 19.6 Å². The van der Waals surface area contributed by atoms with E-state index in [0.29, 0.717) is 112 Å². The van der Waals surface area contributed by atoms with Crippen molar-refractivity contribution in [3.8, 4) is 34.7 Å². The maximum Gasteiger partial charge on any atom is 0.338 e. The number of nitrogens with zero attached hydrogens (tertiary/aromatic N) is 6. The molecule has 0 radical (unpaired) electrons. The van der Waals surface area contributed by atoms with E-state index in [4.69, 9.17) is 56.9 Å². The summed E-state index contributed by atoms with van der Waals surface area (Å²) >= 11 is 13.2. The average Bonchev–Trinajstić information content (AvgIpc) is 3.84. The smallest absolute Gasteiger partial charge is 0.338 e. The molecule has 2 atom stereocenters. The molecule has 2 saturated heterocycles. The Balaban J connectivity index is 0.000000206. The Morgan fingerprint density at radius 2 is 1.06 bits per heavy atom. The van der Waals surface area contributed by atoms with Crippen LogP contribution in [0.2, 0.25) is 10.0 Å². The molecular weight excluding hydrogens is 1130 g/mol. The van der Waals surface area contributed by atoms with Crippen molar-refractivity contribution in [3.05, 3.63) is 82.4 Å². The second-order valence-corrected chi connectivity index (χ2v) is 27.1. The summed E-state index contributed by atoms with van der Waals surface area (Å²) in [7, 11) is 0. The van der Waals surface area contributed by atoms with Gasteiger partial charge in [-0.15, -0.1) is 0 Å². The van der Waals surface area contributed by atoms with E-state index < -0.39 is 33.6 Å². The summed E-state index contributed by atoms with van der Waals surface area (Å²) in [5.74, 6) is 1.47. The summed E-state index contributed by atoms with van der Waals surface area (Å²) in [5, 5.41) is 44.1. The summed E-state index contributed by atoms with van der Waals surface area (Å²) in [6.45, 7) is 14.3. The van der Waals surface area contributed by atoms with Crippen molar-refractivity contribution in [2.45, 2.75) is 191 Å². The number of aliphatic carboxylic acids is 1. The van der Waals surface area contributed by atoms with Crippen molar-refractivity contribution in [1.29, 1.82) is 10.5 Å². The van der Waals surface area contributed by atoms with E-state index in [2.05, 4.69) is 69.4 Å². The molecule has 464 valence electrons. The van der Waals surface area contributed by atoms with Crippen LogP contribution in [-0.4, -0.2) is 131 Å². The molecule has 18 nitrogen and oxygen atoms in total. The molecule has 20 heteroatoms. The molecule has 0 aromatic carbocycles. The lowest BCUT2D eigenvalue weighted by molar-refractivity contribution is -0.172. The summed E-state index contributed by atoms with van der Waals surface area (Å²) in [6, 6.07) is 21.9. The summed E-state index contributed by atoms with van der Waals surface area (Å²) in [4.78, 5) is 42.8. The van der Waals surface area contributed by atoms with Gasteiger partial charge < -0.3 is 50.1 Å². The van der Waals surface area contributed by atoms with Gasteiger partial charge in [-0.2, -0.15) is 10.5 Å². The Morgan fingerprint density at radius 1 is 0.651 bits per heavy atom. The third-order valence-electron chi connectivity index (χ3n) is 18.0. The van der Waals surface area contributed by atoms with Crippen molar-refractivity contribution in [2.24, 2.45) is 22.7 Å². The van der Waals surface area contributed by atoms with Crippen LogP contribution in [0.15, 0.2) is 60.9 Å². The van der Waals surface area contributed by atoms with E-state index in [0.717, 1.165) is 135 Å². The number of carboxylic acids is 1. The fraction of sp³-hybridized carbons (Fsp3) is 0.636. The maximum atomic E-state index is 12.6. The lowest BCUT2D eigenvalue weighted by Gasteiger charge is -2.32. The van der Waals surface area contributed by atoms with Crippen molar-refractivity contribution in [1.82, 2.24) is 30.6 Å². The third-order valence-corrected chi connectivity index (χ3v) is 18.6. The van der Waals surface area contributed by atoms with Crippen molar-refractivity contribution < 1.29 is 38.4 Å². The van der Waals surface area contributed by atoms with Crippen LogP contribution in [0.4, 0.5) is 11.6 Å². The molecule has 10 rings (SSSR count). The van der Waals surface area contributed by atoms with Crippen LogP contribution in [0.1, 0.15) is 149 Å². The van der Waals surface area contributed by atoms with Crippen LogP contribution in [-0.2, 0) is 46.1 Å². The third kappa shape index (κ3) is 18.1. The average molecular weight is 1220 g/mol. The van der Waals surface area contributed by atoms with E-state index in [1.165, 1.54) is 0 Å². The number of pyridine rings is 4. The highest BCUT2D eigenvalue weighted by molar-refractivity contribution is 6.33. The molecule has 0 bridgehead atoms. The Labute approximate surface area is 518 Å². The molecule has 4 aromatic rings. The first-order valence-corrected chi connectivity index (χ1v) is 32.0. The lowest BCUT2D eigenvalue weighted by Crippen LogP contribution is -2.43. The zero-order valence-corrected chi connectivity index (χ0v) is 52.4. The highest BCUT2D eigenvalue weighted by Crippen LogP contribution is 2.43. The monoisotopic (exact) mass is 1220 g/mol. The zero-order chi connectivity index (χ0) is 61.0. The quantitative estimate of drug-likeness (QED) is 0.0409. The molecule has 4 saturated carbocycles. The van der Waals surface area contributed by atoms with Crippen LogP contribution in [0.25, 0.3) is 22.5 Å². The predicted octanol–water partition coefficient (Wildman–Crippen LogP) is 11.7. The number of hydrogen-bond donors (Lipinski definition) is 5. The Hall–Kier alpha value is -5.54. The van der Waals surface area contributed by atoms with Gasteiger partial charge in [-0.1, -0.05) is 35.3 Å². The van der Waals surface area contributed by atoms with Crippen LogP contribution in [0, 0.1) is 45.3 Å². The van der Waals surface area contributed by atoms with Crippen LogP contribution in [0.3, 0.4) is 0 Å². The molecule has 4 aliphatic carbocycles. The maximum absolute atomic E-state index is 12.6. The van der Waals surface area contributed by atoms with Gasteiger partial charge in [0.05, 0.1) is 57.6 Å². The molecule has 6 aliphatic rings. The van der Waals surface area contributed by atoms with Gasteiger partial charge in [0.25, 0.3) is 0 Å². The number of anilines is 2. The van der Waals surface area contributed by atoms with E-state index in [1.54, 1.807) is 12.4 Å². The molecule has 4 aromatic heterocycles. The number of halogens is 2. The number of esters is 1. The summed E-state index contributed by atoms with van der Waals surface area (Å²) in [6.07, 6.45) is 19.6. The minimum Gasteiger partial charge on any atom is -0.479 e. The molecule has 0 amide bonds. The molecule has 0 spiro atoms. The molecule has 86 heavy (non-hydrogen) atoms. The number of aromatic nitrogens is 4. The SMILES string of the molecule is C[C@H](COC1(C(=O)O)CC1)NC1CCC(Cc2cc(-c3cccc(NCC4(C#N)CCOCC4)n3)c(Cl)cn2)CC1.C[C@H](COC1(C(=O)OC(C)(C)C)CC1)NC1CCC(Cc2cc(-c3cccc(NCC4(C#N)CCOCC4)n3)c(Cl)cn2)CC1. The number of carbonyl (C=O) groups excluding carboxylic acids is 1. The second kappa shape index (κ2) is 29.2. The number of carbonyl (C=O) groups is 2. The van der Waals surface area contributed by atoms with E-state index >= 15 is 0 Å². The fourth-order valence-electron chi connectivity index (χ4n) is 12.2. The molecule has 5 N–H and O–H groups in total. The normalized spacial score (nSPS) is 23.4. The van der Waals surface area contributed by atoms with Gasteiger partial charge in [0.1, 0.15) is 17.2 Å². The molecule has 6 fully saturated rings. The van der Waals surface area contributed by atoms with Gasteiger partial charge in [0, 0.05) is 98.6 Å². The fourth-order valence-corrected chi connectivity index (χ4v) is 12.6. The van der Waals surface area contributed by atoms with Gasteiger partial charge in [0.15, 0.2) is 11.2 Å². The Kier molecular flexibility index (Phi) is 22.0. The molecular formula is C66H88Cl2N10O8. The van der Waals surface area contributed by atoms with Crippen molar-refractivity contribution in [2.75, 3.05) is 63.4 Å². The first-order chi connectivity index (χ1) is 41.3. The zero-order valence-electron chi connectivity index (χ0n) is 50.9. The Bertz CT molecular complexity index is 3000. The van der Waals surface area contributed by atoms with Gasteiger partial charge in [0.2, 0.25) is 0 Å². The van der Waals surface area contributed by atoms with Crippen LogP contribution >= 0.6 is 23.2 Å². The van der Waals surface area contributed by atoms with Gasteiger partial charge in [-0.05, 0) is 198 Å². The number of ether oxygens (including phenoxy) is 5. The highest BCUT2D eigenvalue weighted by Gasteiger charge is 2.54. The van der Waals surface area contributed by atoms with E-state index in [-0.39, 0.29) is 18.1 Å². The highest BCUT2D eigenvalue weighted by atomic mass is 35.5. The minimum atomic E-state index is -0.934. The molecule has 0 unspecified atom stereocenters. The number of hydrogen-bond acceptors (Lipinski definition) is 17. The first-order valence-electron chi connectivity index (χ1n) is 31.2. The second-order valence-electron chi connectivity index (χ2n) is 26.2. The predicted molar refractivity (Wildman–Crippen MR) is 332 cm³/mol. The number of nitriles is 2. The van der Waals surface area contributed by atoms with Crippen LogP contribution in [0.5, 0.6) is 0 Å². The number of carboxylic acid groups (broad SMARTS) is 1. The largest absolute Gasteiger partial charge is 0.479 e. The number of nitrogens with one attached hydrogen (secondary N) is 4. The van der Waals surface area contributed by atoms with Gasteiger partial charge in [-0.3, -0.25) is 9.97 Å². The molecule has 2 aliphatic heterocycles. The standard InChI is InChI=1S/C35H48ClN5O4.C31H40ClN5O4/c1-24(21-44-35(12-13-35)32(42)45-33(2,3)4)40-26-10-8-25(9-11-26)18-27-19-28(29(36)20-38-27)30-6-5-7-31(41-30)39-23-34(22-37)14-16-43-17-15-34;1-21(18-41-31(9-10-31)29(38)39)36-23-7-5-22(6-8-23)15-24-16-25(26(32)17-34-24)27-3-2-4-28(37-27)35-20-30(19-33)11-13-40-14-12-30/h5-7,19-20,24-26,40H,8-18,21,23H2,1-4H3,(H,39,41);2-4,16-17,21-23,36H,5-15,18,20H2,1H3,(H,35,37)(H,38,39)/t24-,25?,26?;21-,22?,23?/m11/s1. The van der Waals surface area contributed by atoms with Crippen LogP contribution < -0.4 is 21.3 Å². The van der Waals surface area contributed by atoms with E-state index in [9.17, 15) is 25.2 Å². The van der Waals surface area contributed by atoms with E-state index in [1.807, 2.05) is 57.2 Å². The number of rotatable bonds is 24. The molecule has 6 heterocycles. The van der Waals surface area contributed by atoms with Crippen molar-refractivity contribution in [3.63, 3.8) is 0 Å². The first kappa shape index (κ1) is 64.9.